The summed E-state index contributed by atoms with van der Waals surface area (Å²) < 4.78 is 1.08. The van der Waals surface area contributed by atoms with Gasteiger partial charge in [-0.3, -0.25) is 20.1 Å². The van der Waals surface area contributed by atoms with Crippen molar-refractivity contribution < 1.29 is 4.79 Å². The smallest absolute Gasteiger partial charge is 0.239 e. The molecular weight excluding hydrogens is 519 g/mol. The monoisotopic (exact) mass is 542 g/mol. The van der Waals surface area contributed by atoms with Gasteiger partial charge in [-0.25, -0.2) is 0 Å². The molecule has 0 bridgehead atoms. The summed E-state index contributed by atoms with van der Waals surface area (Å²) in [6, 6.07) is 12.7. The van der Waals surface area contributed by atoms with Crippen molar-refractivity contribution in [3.63, 3.8) is 0 Å². The fourth-order valence-electron chi connectivity index (χ4n) is 4.34. The molecule has 158 valence electrons. The van der Waals surface area contributed by atoms with E-state index in [1.54, 1.807) is 18.4 Å². The van der Waals surface area contributed by atoms with E-state index in [1.807, 2.05) is 19.3 Å². The topological polar surface area (TPSA) is 69.1 Å². The number of rotatable bonds is 4. The van der Waals surface area contributed by atoms with Gasteiger partial charge < -0.3 is 5.32 Å². The molecule has 0 unspecified atom stereocenters. The third kappa shape index (κ3) is 3.67. The minimum absolute atomic E-state index is 0.0590. The fourth-order valence-corrected chi connectivity index (χ4v) is 5.90. The van der Waals surface area contributed by atoms with Crippen molar-refractivity contribution >= 4 is 45.8 Å². The highest BCUT2D eigenvalue weighted by atomic mass is 127. The molecule has 2 aromatic heterocycles. The summed E-state index contributed by atoms with van der Waals surface area (Å²) in [5.41, 5.74) is 3.76. The van der Waals surface area contributed by atoms with Gasteiger partial charge in [0.15, 0.2) is 5.96 Å². The lowest BCUT2D eigenvalue weighted by atomic mass is 9.76. The Kier molecular flexibility index (Phi) is 5.13. The molecule has 2 N–H and O–H groups in total. The zero-order chi connectivity index (χ0) is 21.8. The molecule has 1 aromatic carbocycles. The SMILES string of the molecule is CN1C(=N)N[C@](C)(c2cc(-c3cncc(I)c3)cs2)[C@@H](c2ccc(C3CC3)cc2)C1=O. The van der Waals surface area contributed by atoms with Crippen LogP contribution < -0.4 is 5.32 Å². The highest BCUT2D eigenvalue weighted by Crippen LogP contribution is 2.45. The molecule has 0 radical (unpaired) electrons. The van der Waals surface area contributed by atoms with Crippen LogP contribution >= 0.6 is 33.9 Å². The van der Waals surface area contributed by atoms with E-state index in [1.165, 1.54) is 23.3 Å². The van der Waals surface area contributed by atoms with E-state index in [-0.39, 0.29) is 11.9 Å². The first-order valence-corrected chi connectivity index (χ1v) is 12.3. The van der Waals surface area contributed by atoms with E-state index in [0.29, 0.717) is 5.92 Å². The van der Waals surface area contributed by atoms with Crippen molar-refractivity contribution in [2.24, 2.45) is 0 Å². The molecule has 31 heavy (non-hydrogen) atoms. The van der Waals surface area contributed by atoms with E-state index in [9.17, 15) is 4.79 Å². The minimum Gasteiger partial charge on any atom is -0.345 e. The first kappa shape index (κ1) is 20.6. The summed E-state index contributed by atoms with van der Waals surface area (Å²) >= 11 is 3.88. The number of carbonyl (C=O) groups is 1. The Labute approximate surface area is 199 Å². The number of pyridine rings is 1. The van der Waals surface area contributed by atoms with Gasteiger partial charge in [0.2, 0.25) is 5.91 Å². The Morgan fingerprint density at radius 1 is 1.16 bits per heavy atom. The zero-order valence-electron chi connectivity index (χ0n) is 17.4. The van der Waals surface area contributed by atoms with Crippen LogP contribution in [0.5, 0.6) is 0 Å². The molecule has 3 aromatic rings. The maximum absolute atomic E-state index is 13.4. The Bertz CT molecular complexity index is 1170. The number of nitrogens with one attached hydrogen (secondary N) is 2. The standard InChI is InChI=1S/C24H23IN4OS/c1-24(20-10-18(13-31-20)17-9-19(25)12-27-11-17)21(22(30)29(2)23(26)28-24)16-7-5-15(6-8-16)14-3-4-14/h5-14,21H,3-4H2,1-2H3,(H2,26,28)/t21-,24+/m0/s1. The van der Waals surface area contributed by atoms with Crippen molar-refractivity contribution in [3.05, 3.63) is 73.7 Å². The van der Waals surface area contributed by atoms with Crippen molar-refractivity contribution in [3.8, 4) is 11.1 Å². The largest absolute Gasteiger partial charge is 0.345 e. The van der Waals surface area contributed by atoms with E-state index in [2.05, 4.69) is 74.7 Å². The summed E-state index contributed by atoms with van der Waals surface area (Å²) in [5, 5.41) is 13.8. The van der Waals surface area contributed by atoms with Gasteiger partial charge in [-0.2, -0.15) is 0 Å². The molecule has 1 aliphatic heterocycles. The lowest BCUT2D eigenvalue weighted by Crippen LogP contribution is -2.62. The van der Waals surface area contributed by atoms with Crippen LogP contribution in [-0.4, -0.2) is 28.8 Å². The molecule has 3 heterocycles. The van der Waals surface area contributed by atoms with Crippen molar-refractivity contribution in [2.75, 3.05) is 7.05 Å². The van der Waals surface area contributed by atoms with Crippen molar-refractivity contribution in [2.45, 2.75) is 37.1 Å². The predicted molar refractivity (Wildman–Crippen MR) is 132 cm³/mol. The number of guanidine groups is 1. The molecule has 1 saturated heterocycles. The normalized spacial score (nSPS) is 23.7. The van der Waals surface area contributed by atoms with Gasteiger partial charge in [0.05, 0.1) is 11.5 Å². The molecule has 5 rings (SSSR count). The van der Waals surface area contributed by atoms with Crippen molar-refractivity contribution in [1.29, 1.82) is 5.41 Å². The molecular formula is C24H23IN4OS. The lowest BCUT2D eigenvalue weighted by molar-refractivity contribution is -0.131. The number of hydrogen-bond donors (Lipinski definition) is 2. The Hall–Kier alpha value is -2.26. The number of thiophene rings is 1. The van der Waals surface area contributed by atoms with E-state index in [4.69, 9.17) is 5.41 Å². The lowest BCUT2D eigenvalue weighted by Gasteiger charge is -2.45. The number of hydrogen-bond acceptors (Lipinski definition) is 4. The van der Waals surface area contributed by atoms with Gasteiger partial charge in [0, 0.05) is 33.5 Å². The Balaban J connectivity index is 1.56. The highest BCUT2D eigenvalue weighted by molar-refractivity contribution is 14.1. The fraction of sp³-hybridized carbons (Fsp3) is 0.292. The van der Waals surface area contributed by atoms with Crippen LogP contribution in [0.25, 0.3) is 11.1 Å². The molecule has 7 heteroatoms. The third-order valence-electron chi connectivity index (χ3n) is 6.34. The molecule has 2 aliphatic rings. The van der Waals surface area contributed by atoms with Crippen LogP contribution in [0.2, 0.25) is 0 Å². The summed E-state index contributed by atoms with van der Waals surface area (Å²) in [7, 11) is 1.67. The van der Waals surface area contributed by atoms with E-state index < -0.39 is 11.5 Å². The Morgan fingerprint density at radius 2 is 1.87 bits per heavy atom. The first-order chi connectivity index (χ1) is 14.9. The van der Waals surface area contributed by atoms with Gasteiger partial charge in [0.1, 0.15) is 0 Å². The summed E-state index contributed by atoms with van der Waals surface area (Å²) in [6.07, 6.45) is 6.20. The maximum atomic E-state index is 13.4. The Morgan fingerprint density at radius 3 is 2.55 bits per heavy atom. The number of amides is 1. The molecule has 1 saturated carbocycles. The zero-order valence-corrected chi connectivity index (χ0v) is 20.3. The van der Waals surface area contributed by atoms with Crippen molar-refractivity contribution in [1.82, 2.24) is 15.2 Å². The van der Waals surface area contributed by atoms with Gasteiger partial charge in [-0.05, 0) is 82.5 Å². The van der Waals surface area contributed by atoms with Gasteiger partial charge in [0.25, 0.3) is 0 Å². The van der Waals surface area contributed by atoms with Crippen LogP contribution in [0.4, 0.5) is 0 Å². The molecule has 2 fully saturated rings. The van der Waals surface area contributed by atoms with Gasteiger partial charge in [-0.15, -0.1) is 11.3 Å². The van der Waals surface area contributed by atoms with Crippen LogP contribution in [0.1, 0.15) is 47.6 Å². The average Bonchev–Trinajstić information content (AvgIpc) is 3.48. The molecule has 0 spiro atoms. The van der Waals surface area contributed by atoms with Crippen LogP contribution in [-0.2, 0) is 10.3 Å². The van der Waals surface area contributed by atoms with Crippen LogP contribution in [0.3, 0.4) is 0 Å². The number of nitrogens with zero attached hydrogens (tertiary/aromatic N) is 2. The first-order valence-electron chi connectivity index (χ1n) is 10.3. The van der Waals surface area contributed by atoms with E-state index in [0.717, 1.165) is 25.1 Å². The van der Waals surface area contributed by atoms with Gasteiger partial charge >= 0.3 is 0 Å². The maximum Gasteiger partial charge on any atom is 0.239 e. The average molecular weight is 542 g/mol. The van der Waals surface area contributed by atoms with Gasteiger partial charge in [-0.1, -0.05) is 24.3 Å². The third-order valence-corrected chi connectivity index (χ3v) is 8.09. The summed E-state index contributed by atoms with van der Waals surface area (Å²) in [5.74, 6) is 0.333. The van der Waals surface area contributed by atoms with E-state index >= 15 is 0 Å². The van der Waals surface area contributed by atoms with Crippen LogP contribution in [0, 0.1) is 8.98 Å². The molecule has 5 nitrogen and oxygen atoms in total. The molecule has 2 atom stereocenters. The molecule has 1 aliphatic carbocycles. The quantitative estimate of drug-likeness (QED) is 0.441. The number of aromatic nitrogens is 1. The summed E-state index contributed by atoms with van der Waals surface area (Å²) in [6.45, 7) is 2.04. The number of halogens is 1. The second kappa shape index (κ2) is 7.70. The highest BCUT2D eigenvalue weighted by Gasteiger charge is 2.49. The second-order valence-corrected chi connectivity index (χ2v) is 10.7. The molecule has 1 amide bonds. The minimum atomic E-state index is -0.708. The van der Waals surface area contributed by atoms with Crippen LogP contribution in [0.15, 0.2) is 54.2 Å². The second-order valence-electron chi connectivity index (χ2n) is 8.54. The predicted octanol–water partition coefficient (Wildman–Crippen LogP) is 5.29. The number of carbonyl (C=O) groups excluding carboxylic acids is 1. The summed E-state index contributed by atoms with van der Waals surface area (Å²) in [4.78, 5) is 20.2. The number of likely N-dealkylation sites (N-methyl/N-ethyl adjacent to an activating group) is 1. The number of benzene rings is 1.